The summed E-state index contributed by atoms with van der Waals surface area (Å²) in [5.74, 6) is 0. The van der Waals surface area contributed by atoms with Crippen LogP contribution in [0.1, 0.15) is 48.3 Å². The van der Waals surface area contributed by atoms with E-state index in [2.05, 4.69) is 38.1 Å². The van der Waals surface area contributed by atoms with E-state index in [9.17, 15) is 9.60 Å². The molecule has 13 rings (SSSR count). The van der Waals surface area contributed by atoms with Gasteiger partial charge in [0.1, 0.15) is 0 Å². The highest BCUT2D eigenvalue weighted by Gasteiger charge is 2.35. The highest BCUT2D eigenvalue weighted by molar-refractivity contribution is 6.26. The minimum Gasteiger partial charge on any atom is -0.0619 e. The second kappa shape index (κ2) is 11.9. The van der Waals surface area contributed by atoms with Crippen LogP contribution in [-0.2, 0) is 5.41 Å². The molecular weight excluding hydrogens is 709 g/mol. The van der Waals surface area contributed by atoms with Crippen molar-refractivity contribution in [1.82, 2.24) is 0 Å². The van der Waals surface area contributed by atoms with Gasteiger partial charge in [-0.1, -0.05) is 183 Å². The molecule has 0 aliphatic heterocycles. The molecule has 0 saturated carbocycles. The highest BCUT2D eigenvalue weighted by Crippen LogP contribution is 2.50. The summed E-state index contributed by atoms with van der Waals surface area (Å²) < 4.78 is 155. The molecule has 0 atom stereocenters. The lowest BCUT2D eigenvalue weighted by molar-refractivity contribution is 0.660. The smallest absolute Gasteiger partial charge is 0.0619 e. The van der Waals surface area contributed by atoms with Gasteiger partial charge >= 0.3 is 0 Å². The summed E-state index contributed by atoms with van der Waals surface area (Å²) in [4.78, 5) is 0. The first-order chi connectivity index (χ1) is 36.1. The van der Waals surface area contributed by atoms with Gasteiger partial charge in [0, 0.05) is 5.41 Å². The Labute approximate surface area is 367 Å². The number of fused-ring (bicyclic) bond motifs is 3. The van der Waals surface area contributed by atoms with Crippen molar-refractivity contribution in [1.29, 1.82) is 0 Å². The van der Waals surface area contributed by atoms with Crippen molar-refractivity contribution in [3.8, 4) is 55.6 Å². The summed E-state index contributed by atoms with van der Waals surface area (Å²) in [5.41, 5.74) is 7.78. The van der Waals surface area contributed by atoms with Gasteiger partial charge in [-0.25, -0.2) is 0 Å². The summed E-state index contributed by atoms with van der Waals surface area (Å²) in [6.07, 6.45) is 0. The molecule has 12 aromatic rings. The summed E-state index contributed by atoms with van der Waals surface area (Å²) in [6.45, 7) is 4.34. The minimum atomic E-state index is -0.557. The minimum absolute atomic E-state index is 0.0283. The fourth-order valence-corrected chi connectivity index (χ4v) is 9.44. The van der Waals surface area contributed by atoms with Gasteiger partial charge in [0.2, 0.25) is 0 Å². The van der Waals surface area contributed by atoms with Crippen LogP contribution in [-0.4, -0.2) is 0 Å². The zero-order valence-corrected chi connectivity index (χ0v) is 31.7. The van der Waals surface area contributed by atoms with Crippen LogP contribution in [0.3, 0.4) is 0 Å². The van der Waals surface area contributed by atoms with Gasteiger partial charge in [-0.15, -0.1) is 0 Å². The van der Waals surface area contributed by atoms with Crippen LogP contribution in [0, 0.1) is 0 Å². The molecule has 0 fully saturated rings. The maximum Gasteiger partial charge on any atom is 0.0630 e. The average molecular weight is 764 g/mol. The van der Waals surface area contributed by atoms with E-state index >= 15 is 0 Å². The lowest BCUT2D eigenvalue weighted by Gasteiger charge is -2.22. The second-order valence-electron chi connectivity index (χ2n) is 15.9. The third-order valence-electron chi connectivity index (χ3n) is 12.3. The molecule has 274 valence electrons. The molecular formula is C59H38. The third-order valence-corrected chi connectivity index (χ3v) is 12.3. The Morgan fingerprint density at radius 1 is 0.322 bits per heavy atom. The molecule has 0 radical (unpaired) electrons. The Balaban J connectivity index is 1.08. The van der Waals surface area contributed by atoms with E-state index in [1.54, 1.807) is 30.3 Å². The van der Waals surface area contributed by atoms with Crippen LogP contribution in [0.25, 0.3) is 120 Å². The first-order valence-corrected chi connectivity index (χ1v) is 19.4. The second-order valence-corrected chi connectivity index (χ2v) is 15.9. The monoisotopic (exact) mass is 763 g/mol. The van der Waals surface area contributed by atoms with Crippen molar-refractivity contribution < 1.29 is 23.3 Å². The molecule has 0 N–H and O–H groups in total. The Kier molecular flexibility index (Phi) is 4.11. The van der Waals surface area contributed by atoms with Crippen molar-refractivity contribution in [2.75, 3.05) is 0 Å². The Hall–Kier alpha value is -7.28. The van der Waals surface area contributed by atoms with Gasteiger partial charge in [0.15, 0.2) is 0 Å². The van der Waals surface area contributed by atoms with Gasteiger partial charge in [-0.05, 0) is 156 Å². The summed E-state index contributed by atoms with van der Waals surface area (Å²) in [7, 11) is 0. The van der Waals surface area contributed by atoms with Gasteiger partial charge in [-0.3, -0.25) is 0 Å². The normalized spacial score (nSPS) is 17.4. The largest absolute Gasteiger partial charge is 0.0630 e. The van der Waals surface area contributed by atoms with Crippen molar-refractivity contribution >= 4 is 64.6 Å². The molecule has 0 nitrogen and oxygen atoms in total. The van der Waals surface area contributed by atoms with E-state index in [0.29, 0.717) is 27.8 Å². The van der Waals surface area contributed by atoms with Crippen molar-refractivity contribution in [3.63, 3.8) is 0 Å². The van der Waals surface area contributed by atoms with E-state index in [-0.39, 0.29) is 123 Å². The van der Waals surface area contributed by atoms with Gasteiger partial charge < -0.3 is 0 Å². The van der Waals surface area contributed by atoms with E-state index in [0.717, 1.165) is 22.3 Å². The lowest BCUT2D eigenvalue weighted by Crippen LogP contribution is -2.14. The molecule has 0 saturated heterocycles. The molecule has 0 heteroatoms. The Morgan fingerprint density at radius 3 is 1.53 bits per heavy atom. The molecule has 0 spiro atoms. The van der Waals surface area contributed by atoms with Gasteiger partial charge in [0.05, 0.1) is 23.3 Å². The molecule has 0 heterocycles. The van der Waals surface area contributed by atoms with Crippen molar-refractivity contribution in [3.05, 3.63) is 205 Å². The summed E-state index contributed by atoms with van der Waals surface area (Å²) in [6, 6.07) is 21.6. The van der Waals surface area contributed by atoms with Crippen LogP contribution < -0.4 is 0 Å². The number of benzene rings is 12. The number of hydrogen-bond donors (Lipinski definition) is 0. The SMILES string of the molecule is [2H]c1cc2c([2H])c([2H])c3c(-c4ccc(-c5cc(-c6ccc7c(c6)C(C)(C)c6ccccc6-7)cc(-c6c([2H])c([2H])c7c([2H])c([2H])c8c([2H])c([2H])c([2H])c9c([2H])c([2H])c6c7c89)c5)cc4)c([2H])c([2H])c4c([2H])c([2H])c(c1[2H])c2c43. The zero-order chi connectivity index (χ0) is 53.8. The third kappa shape index (κ3) is 4.66. The predicted molar refractivity (Wildman–Crippen MR) is 253 cm³/mol. The standard InChI is InChI=1S/C59H38/c1-59(2)53-12-4-3-11-49(53)50-28-25-43(34-54(50)59)45-31-44(32-46(33-45)48-27-22-42-20-18-38-8-6-10-40-24-30-52(48)58(42)56(38)40)35-13-15-36(16-14-35)47-26-21-41-19-17-37-7-5-9-39-23-29-51(47)57(41)55(37)39/h3-34H,1-2H3/i5D,6D,7D,8D,10D,17D,18D,19D,20D,21D,22D,23D,24D,26D,27D,29D,30D. The lowest BCUT2D eigenvalue weighted by atomic mass is 9.81. The van der Waals surface area contributed by atoms with Crippen molar-refractivity contribution in [2.45, 2.75) is 19.3 Å². The zero-order valence-electron chi connectivity index (χ0n) is 48.7. The van der Waals surface area contributed by atoms with Gasteiger partial charge in [-0.2, -0.15) is 0 Å². The van der Waals surface area contributed by atoms with Gasteiger partial charge in [0.25, 0.3) is 0 Å². The van der Waals surface area contributed by atoms with E-state index < -0.39 is 60.4 Å². The number of hydrogen-bond acceptors (Lipinski definition) is 0. The number of rotatable bonds is 4. The van der Waals surface area contributed by atoms with E-state index in [1.165, 1.54) is 11.6 Å². The average Bonchev–Trinajstić information content (AvgIpc) is 3.63. The highest BCUT2D eigenvalue weighted by atomic mass is 14.4. The quantitative estimate of drug-likeness (QED) is 0.157. The summed E-state index contributed by atoms with van der Waals surface area (Å²) >= 11 is 0. The fourth-order valence-electron chi connectivity index (χ4n) is 9.44. The molecule has 0 bridgehead atoms. The Morgan fingerprint density at radius 2 is 0.814 bits per heavy atom. The van der Waals surface area contributed by atoms with Crippen LogP contribution in [0.4, 0.5) is 0 Å². The molecule has 1 aliphatic rings. The maximum atomic E-state index is 9.68. The molecule has 0 amide bonds. The summed E-state index contributed by atoms with van der Waals surface area (Å²) in [5, 5.41) is 0.304. The van der Waals surface area contributed by atoms with Crippen LogP contribution >= 0.6 is 0 Å². The topological polar surface area (TPSA) is 0 Å². The van der Waals surface area contributed by atoms with Crippen molar-refractivity contribution in [2.24, 2.45) is 0 Å². The molecule has 12 aromatic carbocycles. The molecule has 59 heavy (non-hydrogen) atoms. The fraction of sp³-hybridized carbons (Fsp3) is 0.0508. The van der Waals surface area contributed by atoms with Crippen LogP contribution in [0.2, 0.25) is 0 Å². The first-order valence-electron chi connectivity index (χ1n) is 27.9. The molecule has 0 aromatic heterocycles. The molecule has 1 aliphatic carbocycles. The Bertz CT molecular complexity index is 4650. The van der Waals surface area contributed by atoms with Crippen LogP contribution in [0.15, 0.2) is 194 Å². The first kappa shape index (κ1) is 20.4. The molecule has 0 unspecified atom stereocenters. The van der Waals surface area contributed by atoms with Crippen LogP contribution in [0.5, 0.6) is 0 Å². The maximum absolute atomic E-state index is 9.68. The van der Waals surface area contributed by atoms with E-state index in [1.807, 2.05) is 30.3 Å². The predicted octanol–water partition coefficient (Wildman–Crippen LogP) is 16.5. The van der Waals surface area contributed by atoms with E-state index in [4.69, 9.17) is 13.7 Å².